The lowest BCUT2D eigenvalue weighted by Gasteiger charge is -2.35. The van der Waals surface area contributed by atoms with Gasteiger partial charge in [-0.2, -0.15) is 0 Å². The van der Waals surface area contributed by atoms with Crippen LogP contribution in [0.3, 0.4) is 0 Å². The van der Waals surface area contributed by atoms with Gasteiger partial charge in [0.25, 0.3) is 5.69 Å². The van der Waals surface area contributed by atoms with Gasteiger partial charge in [0, 0.05) is 30.6 Å². The highest BCUT2D eigenvalue weighted by Gasteiger charge is 2.30. The highest BCUT2D eigenvalue weighted by Crippen LogP contribution is 2.26. The van der Waals surface area contributed by atoms with Crippen molar-refractivity contribution in [2.75, 3.05) is 13.1 Å². The number of piperidine rings is 1. The molecule has 1 aliphatic heterocycles. The number of nitro benzene ring substituents is 1. The number of nitrogens with zero attached hydrogens (tertiary/aromatic N) is 2. The number of hydrogen-bond acceptors (Lipinski definition) is 3. The topological polar surface area (TPSA) is 63.5 Å². The van der Waals surface area contributed by atoms with Gasteiger partial charge in [-0.05, 0) is 30.7 Å². The van der Waals surface area contributed by atoms with Crippen molar-refractivity contribution in [1.29, 1.82) is 0 Å². The number of carbonyl (C=O) groups excluding carboxylic acids is 1. The highest BCUT2D eigenvalue weighted by atomic mass is 16.6. The Bertz CT molecular complexity index is 538. The van der Waals surface area contributed by atoms with Crippen molar-refractivity contribution in [2.45, 2.75) is 40.0 Å². The minimum atomic E-state index is -0.375. The van der Waals surface area contributed by atoms with E-state index in [0.717, 1.165) is 37.9 Å². The van der Waals surface area contributed by atoms with Gasteiger partial charge in [0.15, 0.2) is 0 Å². The Hall–Kier alpha value is -1.91. The van der Waals surface area contributed by atoms with Crippen LogP contribution >= 0.6 is 0 Å². The summed E-state index contributed by atoms with van der Waals surface area (Å²) >= 11 is 0. The van der Waals surface area contributed by atoms with Crippen molar-refractivity contribution in [2.24, 2.45) is 11.3 Å². The van der Waals surface area contributed by atoms with Crippen LogP contribution < -0.4 is 0 Å². The number of likely N-dealkylation sites (tertiary alicyclic amines) is 1. The molecule has 0 spiro atoms. The molecule has 1 aromatic rings. The van der Waals surface area contributed by atoms with Crippen LogP contribution in [0.15, 0.2) is 24.3 Å². The first-order valence-corrected chi connectivity index (χ1v) is 7.80. The monoisotopic (exact) mass is 304 g/mol. The highest BCUT2D eigenvalue weighted by molar-refractivity contribution is 5.81. The average Bonchev–Trinajstić information content (AvgIpc) is 2.47. The van der Waals surface area contributed by atoms with Crippen molar-refractivity contribution in [3.05, 3.63) is 39.9 Å². The lowest BCUT2D eigenvalue weighted by atomic mass is 9.88. The molecule has 1 saturated heterocycles. The maximum atomic E-state index is 12.2. The zero-order chi connectivity index (χ0) is 16.3. The molecule has 5 heteroatoms. The summed E-state index contributed by atoms with van der Waals surface area (Å²) in [6, 6.07) is 6.80. The van der Waals surface area contributed by atoms with Crippen LogP contribution in [0.25, 0.3) is 0 Å². The third-order valence-electron chi connectivity index (χ3n) is 4.21. The van der Waals surface area contributed by atoms with E-state index < -0.39 is 0 Å². The fourth-order valence-corrected chi connectivity index (χ4v) is 2.90. The largest absolute Gasteiger partial charge is 0.342 e. The third kappa shape index (κ3) is 4.06. The first kappa shape index (κ1) is 16.5. The number of carbonyl (C=O) groups is 1. The molecule has 0 saturated carbocycles. The Labute approximate surface area is 131 Å². The van der Waals surface area contributed by atoms with E-state index >= 15 is 0 Å². The van der Waals surface area contributed by atoms with Crippen LogP contribution in [-0.2, 0) is 11.2 Å². The second-order valence-corrected chi connectivity index (χ2v) is 7.11. The van der Waals surface area contributed by atoms with E-state index in [-0.39, 0.29) is 21.9 Å². The van der Waals surface area contributed by atoms with Gasteiger partial charge in [0.05, 0.1) is 4.92 Å². The number of non-ortho nitro benzene ring substituents is 1. The molecule has 1 heterocycles. The van der Waals surface area contributed by atoms with E-state index in [1.165, 1.54) is 0 Å². The summed E-state index contributed by atoms with van der Waals surface area (Å²) in [7, 11) is 0. The maximum absolute atomic E-state index is 12.2. The lowest BCUT2D eigenvalue weighted by Crippen LogP contribution is -2.44. The Balaban J connectivity index is 1.87. The van der Waals surface area contributed by atoms with Crippen LogP contribution in [0.2, 0.25) is 0 Å². The van der Waals surface area contributed by atoms with E-state index in [4.69, 9.17) is 0 Å². The molecule has 1 aromatic carbocycles. The fourth-order valence-electron chi connectivity index (χ4n) is 2.90. The molecule has 1 aliphatic rings. The van der Waals surface area contributed by atoms with E-state index in [0.29, 0.717) is 5.92 Å². The Kier molecular flexibility index (Phi) is 4.84. The van der Waals surface area contributed by atoms with Gasteiger partial charge in [-0.15, -0.1) is 0 Å². The number of rotatable bonds is 3. The van der Waals surface area contributed by atoms with Crippen molar-refractivity contribution in [3.63, 3.8) is 0 Å². The molecule has 0 bridgehead atoms. The minimum Gasteiger partial charge on any atom is -0.342 e. The number of benzene rings is 1. The van der Waals surface area contributed by atoms with Gasteiger partial charge < -0.3 is 4.90 Å². The predicted molar refractivity (Wildman–Crippen MR) is 85.6 cm³/mol. The summed E-state index contributed by atoms with van der Waals surface area (Å²) in [5.74, 6) is 0.770. The molecule has 1 amide bonds. The molecule has 0 atom stereocenters. The molecule has 120 valence electrons. The molecule has 5 nitrogen and oxygen atoms in total. The summed E-state index contributed by atoms with van der Waals surface area (Å²) in [5.41, 5.74) is 0.950. The third-order valence-corrected chi connectivity index (χ3v) is 4.21. The smallest absolute Gasteiger partial charge is 0.269 e. The van der Waals surface area contributed by atoms with Crippen LogP contribution in [-0.4, -0.2) is 28.8 Å². The molecule has 0 unspecified atom stereocenters. The van der Waals surface area contributed by atoms with Crippen molar-refractivity contribution in [3.8, 4) is 0 Å². The SMILES string of the molecule is CC(C)(C)C(=O)N1CCC(Cc2ccc([N+](=O)[O-])cc2)CC1. The van der Waals surface area contributed by atoms with Crippen LogP contribution in [0.4, 0.5) is 5.69 Å². The zero-order valence-electron chi connectivity index (χ0n) is 13.5. The molecule has 2 rings (SSSR count). The molecule has 0 radical (unpaired) electrons. The predicted octanol–water partition coefficient (Wildman–Crippen LogP) is 3.42. The standard InChI is InChI=1S/C17H24N2O3/c1-17(2,3)16(20)18-10-8-14(9-11-18)12-13-4-6-15(7-5-13)19(21)22/h4-7,14H,8-12H2,1-3H3. The van der Waals surface area contributed by atoms with Gasteiger partial charge in [-0.25, -0.2) is 0 Å². The Morgan fingerprint density at radius 1 is 1.23 bits per heavy atom. The Morgan fingerprint density at radius 3 is 2.23 bits per heavy atom. The maximum Gasteiger partial charge on any atom is 0.269 e. The molecule has 22 heavy (non-hydrogen) atoms. The van der Waals surface area contributed by atoms with Gasteiger partial charge in [0.2, 0.25) is 5.91 Å². The van der Waals surface area contributed by atoms with Crippen molar-refractivity contribution >= 4 is 11.6 Å². The summed E-state index contributed by atoms with van der Waals surface area (Å²) < 4.78 is 0. The summed E-state index contributed by atoms with van der Waals surface area (Å²) in [6.07, 6.45) is 2.92. The molecular weight excluding hydrogens is 280 g/mol. The molecule has 0 aromatic heterocycles. The number of nitro groups is 1. The van der Waals surface area contributed by atoms with Gasteiger partial charge >= 0.3 is 0 Å². The quantitative estimate of drug-likeness (QED) is 0.635. The summed E-state index contributed by atoms with van der Waals surface area (Å²) in [6.45, 7) is 7.50. The summed E-state index contributed by atoms with van der Waals surface area (Å²) in [4.78, 5) is 24.5. The molecule has 0 N–H and O–H groups in total. The second-order valence-electron chi connectivity index (χ2n) is 7.11. The van der Waals surface area contributed by atoms with Crippen LogP contribution in [0, 0.1) is 21.4 Å². The van der Waals surface area contributed by atoms with Crippen LogP contribution in [0.1, 0.15) is 39.2 Å². The van der Waals surface area contributed by atoms with Crippen LogP contribution in [0.5, 0.6) is 0 Å². The molecule has 0 aliphatic carbocycles. The Morgan fingerprint density at radius 2 is 1.77 bits per heavy atom. The fraction of sp³-hybridized carbons (Fsp3) is 0.588. The summed E-state index contributed by atoms with van der Waals surface area (Å²) in [5, 5.41) is 10.7. The van der Waals surface area contributed by atoms with E-state index in [1.54, 1.807) is 12.1 Å². The average molecular weight is 304 g/mol. The lowest BCUT2D eigenvalue weighted by molar-refractivity contribution is -0.384. The minimum absolute atomic E-state index is 0.134. The van der Waals surface area contributed by atoms with E-state index in [2.05, 4.69) is 0 Å². The van der Waals surface area contributed by atoms with Gasteiger partial charge in [-0.1, -0.05) is 32.9 Å². The first-order valence-electron chi connectivity index (χ1n) is 7.80. The van der Waals surface area contributed by atoms with Crippen molar-refractivity contribution in [1.82, 2.24) is 4.90 Å². The molecular formula is C17H24N2O3. The van der Waals surface area contributed by atoms with E-state index in [1.807, 2.05) is 37.8 Å². The van der Waals surface area contributed by atoms with Gasteiger partial charge in [0.1, 0.15) is 0 Å². The normalized spacial score (nSPS) is 16.6. The molecule has 1 fully saturated rings. The number of amides is 1. The zero-order valence-corrected chi connectivity index (χ0v) is 13.5. The second kappa shape index (κ2) is 6.46. The van der Waals surface area contributed by atoms with Gasteiger partial charge in [-0.3, -0.25) is 14.9 Å². The van der Waals surface area contributed by atoms with Crippen molar-refractivity contribution < 1.29 is 9.72 Å². The number of hydrogen-bond donors (Lipinski definition) is 0. The van der Waals surface area contributed by atoms with E-state index in [9.17, 15) is 14.9 Å². The first-order chi connectivity index (χ1) is 10.3.